The predicted octanol–water partition coefficient (Wildman–Crippen LogP) is 3.27. The van der Waals surface area contributed by atoms with Crippen molar-refractivity contribution in [2.24, 2.45) is 0 Å². The molecule has 0 spiro atoms. The Labute approximate surface area is 190 Å². The molecule has 0 aliphatic heterocycles. The number of benzene rings is 2. The first kappa shape index (κ1) is 21.9. The molecule has 0 atom stereocenters. The van der Waals surface area contributed by atoms with Gasteiger partial charge in [0.25, 0.3) is 5.91 Å². The van der Waals surface area contributed by atoms with Crippen molar-refractivity contribution in [2.75, 3.05) is 0 Å². The van der Waals surface area contributed by atoms with Crippen LogP contribution in [0.25, 0.3) is 16.9 Å². The fourth-order valence-corrected chi connectivity index (χ4v) is 3.26. The number of hydrogen-bond acceptors (Lipinski definition) is 6. The van der Waals surface area contributed by atoms with Crippen molar-refractivity contribution < 1.29 is 14.1 Å². The van der Waals surface area contributed by atoms with Gasteiger partial charge in [0, 0.05) is 31.0 Å². The normalized spacial score (nSPS) is 10.7. The molecule has 4 aromatic rings. The number of amides is 2. The standard InChI is InChI=1S/C24H24N6O3/c1-2-9-20-25-22(33-29-20)15-14-21(31)26-27-24(32)19-16-30(18-12-7-4-8-13-18)28-23(19)17-10-5-3-6-11-17/h3-8,10-13,16H,2,9,14-15H2,1H3,(H,26,31)(H,27,32). The minimum Gasteiger partial charge on any atom is -0.339 e. The molecule has 0 bridgehead atoms. The zero-order valence-electron chi connectivity index (χ0n) is 18.2. The van der Waals surface area contributed by atoms with E-state index in [1.807, 2.05) is 67.6 Å². The summed E-state index contributed by atoms with van der Waals surface area (Å²) < 4.78 is 6.77. The lowest BCUT2D eigenvalue weighted by molar-refractivity contribution is -0.121. The van der Waals surface area contributed by atoms with E-state index in [4.69, 9.17) is 4.52 Å². The van der Waals surface area contributed by atoms with Gasteiger partial charge in [-0.05, 0) is 18.6 Å². The van der Waals surface area contributed by atoms with Crippen LogP contribution in [0.15, 0.2) is 71.4 Å². The molecule has 168 valence electrons. The van der Waals surface area contributed by atoms with Crippen LogP contribution in [-0.4, -0.2) is 31.7 Å². The first-order valence-corrected chi connectivity index (χ1v) is 10.7. The van der Waals surface area contributed by atoms with Crippen LogP contribution in [0.3, 0.4) is 0 Å². The molecule has 9 heteroatoms. The summed E-state index contributed by atoms with van der Waals surface area (Å²) in [5.41, 5.74) is 7.39. The Kier molecular flexibility index (Phi) is 6.89. The number of para-hydroxylation sites is 1. The van der Waals surface area contributed by atoms with Gasteiger partial charge in [-0.25, -0.2) is 4.68 Å². The Balaban J connectivity index is 1.43. The highest BCUT2D eigenvalue weighted by Gasteiger charge is 2.19. The molecule has 4 rings (SSSR count). The van der Waals surface area contributed by atoms with Gasteiger partial charge >= 0.3 is 0 Å². The van der Waals surface area contributed by atoms with E-state index in [0.29, 0.717) is 29.4 Å². The highest BCUT2D eigenvalue weighted by molar-refractivity contribution is 6.00. The summed E-state index contributed by atoms with van der Waals surface area (Å²) in [5.74, 6) is 0.197. The van der Waals surface area contributed by atoms with Crippen LogP contribution in [0.4, 0.5) is 0 Å². The lowest BCUT2D eigenvalue weighted by Gasteiger charge is -2.07. The van der Waals surface area contributed by atoms with Crippen LogP contribution in [0.5, 0.6) is 0 Å². The van der Waals surface area contributed by atoms with Crippen LogP contribution in [-0.2, 0) is 17.6 Å². The van der Waals surface area contributed by atoms with E-state index in [9.17, 15) is 9.59 Å². The Bertz CT molecular complexity index is 1220. The minimum atomic E-state index is -0.465. The second-order valence-corrected chi connectivity index (χ2v) is 7.39. The summed E-state index contributed by atoms with van der Waals surface area (Å²) in [4.78, 5) is 29.4. The zero-order chi connectivity index (χ0) is 23.0. The Hall–Kier alpha value is -4.27. The number of nitrogens with zero attached hydrogens (tertiary/aromatic N) is 4. The molecule has 2 amide bonds. The van der Waals surface area contributed by atoms with Crippen molar-refractivity contribution in [1.82, 2.24) is 30.8 Å². The van der Waals surface area contributed by atoms with E-state index in [-0.39, 0.29) is 12.3 Å². The lowest BCUT2D eigenvalue weighted by atomic mass is 10.1. The highest BCUT2D eigenvalue weighted by atomic mass is 16.5. The zero-order valence-corrected chi connectivity index (χ0v) is 18.2. The van der Waals surface area contributed by atoms with Crippen molar-refractivity contribution in [3.8, 4) is 16.9 Å². The number of rotatable bonds is 8. The third kappa shape index (κ3) is 5.51. The van der Waals surface area contributed by atoms with Crippen molar-refractivity contribution in [3.63, 3.8) is 0 Å². The number of hydrogen-bond donors (Lipinski definition) is 2. The molecular weight excluding hydrogens is 420 g/mol. The maximum atomic E-state index is 12.9. The number of aryl methyl sites for hydroxylation is 2. The highest BCUT2D eigenvalue weighted by Crippen LogP contribution is 2.23. The number of carbonyl (C=O) groups excluding carboxylic acids is 2. The molecule has 9 nitrogen and oxygen atoms in total. The van der Waals surface area contributed by atoms with Gasteiger partial charge in [-0.1, -0.05) is 60.6 Å². The summed E-state index contributed by atoms with van der Waals surface area (Å²) in [5, 5.41) is 8.47. The fraction of sp³-hybridized carbons (Fsp3) is 0.208. The molecule has 0 unspecified atom stereocenters. The van der Waals surface area contributed by atoms with Crippen LogP contribution in [0, 0.1) is 0 Å². The first-order valence-electron chi connectivity index (χ1n) is 10.7. The van der Waals surface area contributed by atoms with Crippen molar-refractivity contribution in [2.45, 2.75) is 32.6 Å². The van der Waals surface area contributed by atoms with Gasteiger partial charge in [-0.3, -0.25) is 20.4 Å². The van der Waals surface area contributed by atoms with E-state index in [2.05, 4.69) is 26.1 Å². The van der Waals surface area contributed by atoms with E-state index in [0.717, 1.165) is 24.1 Å². The van der Waals surface area contributed by atoms with E-state index < -0.39 is 5.91 Å². The summed E-state index contributed by atoms with van der Waals surface area (Å²) in [6.45, 7) is 2.03. The van der Waals surface area contributed by atoms with Gasteiger partial charge in [0.1, 0.15) is 5.69 Å². The second kappa shape index (κ2) is 10.4. The molecule has 0 radical (unpaired) electrons. The average Bonchev–Trinajstić information content (AvgIpc) is 3.50. The molecule has 2 heterocycles. The molecular formula is C24H24N6O3. The number of nitrogens with one attached hydrogen (secondary N) is 2. The van der Waals surface area contributed by atoms with Crippen molar-refractivity contribution in [3.05, 3.63) is 84.1 Å². The van der Waals surface area contributed by atoms with E-state index in [1.165, 1.54) is 0 Å². The maximum absolute atomic E-state index is 12.9. The van der Waals surface area contributed by atoms with Gasteiger partial charge in [-0.15, -0.1) is 0 Å². The summed E-state index contributed by atoms with van der Waals surface area (Å²) in [6, 6.07) is 18.9. The predicted molar refractivity (Wildman–Crippen MR) is 121 cm³/mol. The summed E-state index contributed by atoms with van der Waals surface area (Å²) in [7, 11) is 0. The monoisotopic (exact) mass is 444 g/mol. The maximum Gasteiger partial charge on any atom is 0.273 e. The smallest absolute Gasteiger partial charge is 0.273 e. The average molecular weight is 444 g/mol. The van der Waals surface area contributed by atoms with Crippen LogP contribution < -0.4 is 10.9 Å². The molecule has 2 N–H and O–H groups in total. The number of carbonyl (C=O) groups is 2. The summed E-state index contributed by atoms with van der Waals surface area (Å²) in [6.07, 6.45) is 3.68. The van der Waals surface area contributed by atoms with Gasteiger partial charge in [0.05, 0.1) is 11.3 Å². The van der Waals surface area contributed by atoms with Crippen molar-refractivity contribution >= 4 is 11.8 Å². The van der Waals surface area contributed by atoms with E-state index >= 15 is 0 Å². The molecule has 2 aromatic carbocycles. The quantitative estimate of drug-likeness (QED) is 0.403. The molecule has 2 aromatic heterocycles. The van der Waals surface area contributed by atoms with Crippen LogP contribution in [0.2, 0.25) is 0 Å². The Morgan fingerprint density at radius 2 is 1.70 bits per heavy atom. The number of aromatic nitrogens is 4. The summed E-state index contributed by atoms with van der Waals surface area (Å²) >= 11 is 0. The second-order valence-electron chi connectivity index (χ2n) is 7.39. The minimum absolute atomic E-state index is 0.100. The molecule has 0 saturated carbocycles. The molecule has 0 fully saturated rings. The number of hydrazine groups is 1. The third-order valence-corrected chi connectivity index (χ3v) is 4.89. The van der Waals surface area contributed by atoms with Gasteiger partial charge < -0.3 is 4.52 Å². The van der Waals surface area contributed by atoms with Gasteiger partial charge in [0.2, 0.25) is 11.8 Å². The Morgan fingerprint density at radius 1 is 0.970 bits per heavy atom. The third-order valence-electron chi connectivity index (χ3n) is 4.89. The largest absolute Gasteiger partial charge is 0.339 e. The molecule has 0 aliphatic carbocycles. The molecule has 0 saturated heterocycles. The molecule has 33 heavy (non-hydrogen) atoms. The van der Waals surface area contributed by atoms with Crippen molar-refractivity contribution in [1.29, 1.82) is 0 Å². The van der Waals surface area contributed by atoms with Crippen LogP contribution >= 0.6 is 0 Å². The topological polar surface area (TPSA) is 115 Å². The molecule has 0 aliphatic rings. The fourth-order valence-electron chi connectivity index (χ4n) is 3.26. The van der Waals surface area contributed by atoms with Gasteiger partial charge in [-0.2, -0.15) is 10.1 Å². The lowest BCUT2D eigenvalue weighted by Crippen LogP contribution is -2.41. The Morgan fingerprint density at radius 3 is 2.42 bits per heavy atom. The SMILES string of the molecule is CCCc1noc(CCC(=O)NNC(=O)c2cn(-c3ccccc3)nc2-c2ccccc2)n1. The van der Waals surface area contributed by atoms with Crippen LogP contribution in [0.1, 0.15) is 41.8 Å². The van der Waals surface area contributed by atoms with Gasteiger partial charge in [0.15, 0.2) is 5.82 Å². The van der Waals surface area contributed by atoms with E-state index in [1.54, 1.807) is 10.9 Å². The first-order chi connectivity index (χ1) is 16.1.